The van der Waals surface area contributed by atoms with Gasteiger partial charge < -0.3 is 5.73 Å². The van der Waals surface area contributed by atoms with Crippen molar-refractivity contribution >= 4 is 0 Å². The lowest BCUT2D eigenvalue weighted by Crippen LogP contribution is -2.21. The maximum Gasteiger partial charge on any atom is 0.0250 e. The fraction of sp³-hybridized carbons (Fsp3) is 0.818. The molecular weight excluding hydrogens is 146 g/mol. The maximum atomic E-state index is 5.94. The van der Waals surface area contributed by atoms with Crippen LogP contribution in [0.1, 0.15) is 52.4 Å². The van der Waals surface area contributed by atoms with Crippen molar-refractivity contribution in [2.45, 2.75) is 58.4 Å². The fourth-order valence-corrected chi connectivity index (χ4v) is 1.32. The van der Waals surface area contributed by atoms with Gasteiger partial charge in [-0.2, -0.15) is 0 Å². The molecule has 0 aliphatic rings. The van der Waals surface area contributed by atoms with Gasteiger partial charge in [0.2, 0.25) is 0 Å². The van der Waals surface area contributed by atoms with Crippen LogP contribution in [0.2, 0.25) is 0 Å². The molecule has 0 saturated heterocycles. The molecule has 0 heterocycles. The van der Waals surface area contributed by atoms with Crippen molar-refractivity contribution in [3.8, 4) is 0 Å². The van der Waals surface area contributed by atoms with E-state index in [9.17, 15) is 0 Å². The van der Waals surface area contributed by atoms with Gasteiger partial charge in [-0.1, -0.05) is 51.7 Å². The van der Waals surface area contributed by atoms with E-state index >= 15 is 0 Å². The van der Waals surface area contributed by atoms with Crippen molar-refractivity contribution in [1.29, 1.82) is 0 Å². The summed E-state index contributed by atoms with van der Waals surface area (Å²) in [6.07, 6.45) is 7.20. The Hall–Kier alpha value is -0.300. The van der Waals surface area contributed by atoms with E-state index in [1.165, 1.54) is 31.3 Å². The second kappa shape index (κ2) is 7.35. The number of hydrogen-bond donors (Lipinski definition) is 1. The second-order valence-electron chi connectivity index (χ2n) is 3.51. The van der Waals surface area contributed by atoms with E-state index in [2.05, 4.69) is 20.4 Å². The maximum absolute atomic E-state index is 5.94. The van der Waals surface area contributed by atoms with Gasteiger partial charge in [-0.25, -0.2) is 0 Å². The minimum atomic E-state index is 0.247. The van der Waals surface area contributed by atoms with Gasteiger partial charge in [0.25, 0.3) is 0 Å². The Balaban J connectivity index is 3.42. The molecular formula is C11H23N. The number of rotatable bonds is 7. The Labute approximate surface area is 77.0 Å². The van der Waals surface area contributed by atoms with Crippen molar-refractivity contribution in [3.05, 3.63) is 12.2 Å². The average Bonchev–Trinajstić information content (AvgIpc) is 2.05. The third-order valence-corrected chi connectivity index (χ3v) is 2.21. The molecule has 0 amide bonds. The van der Waals surface area contributed by atoms with Crippen LogP contribution in [0.25, 0.3) is 0 Å². The first-order valence-corrected chi connectivity index (χ1v) is 5.15. The molecule has 1 unspecified atom stereocenters. The molecule has 0 bridgehead atoms. The van der Waals surface area contributed by atoms with Crippen molar-refractivity contribution in [3.63, 3.8) is 0 Å². The zero-order valence-corrected chi connectivity index (χ0v) is 8.60. The summed E-state index contributed by atoms with van der Waals surface area (Å²) in [4.78, 5) is 0. The van der Waals surface area contributed by atoms with Crippen LogP contribution in [0.3, 0.4) is 0 Å². The number of unbranched alkanes of at least 4 members (excludes halogenated alkanes) is 2. The molecule has 0 fully saturated rings. The second-order valence-corrected chi connectivity index (χ2v) is 3.51. The molecule has 12 heavy (non-hydrogen) atoms. The van der Waals surface area contributed by atoms with Crippen molar-refractivity contribution < 1.29 is 0 Å². The van der Waals surface area contributed by atoms with Crippen LogP contribution in [0.15, 0.2) is 12.2 Å². The summed E-state index contributed by atoms with van der Waals surface area (Å²) < 4.78 is 0. The Kier molecular flexibility index (Phi) is 7.17. The molecule has 0 aromatic rings. The lowest BCUT2D eigenvalue weighted by molar-refractivity contribution is 0.592. The van der Waals surface area contributed by atoms with Crippen molar-refractivity contribution in [2.75, 3.05) is 0 Å². The van der Waals surface area contributed by atoms with Gasteiger partial charge in [-0.15, -0.1) is 0 Å². The van der Waals surface area contributed by atoms with Crippen molar-refractivity contribution in [2.24, 2.45) is 5.73 Å². The van der Waals surface area contributed by atoms with Gasteiger partial charge >= 0.3 is 0 Å². The third kappa shape index (κ3) is 5.36. The summed E-state index contributed by atoms with van der Waals surface area (Å²) in [6, 6.07) is 0.247. The van der Waals surface area contributed by atoms with E-state index in [0.717, 1.165) is 12.8 Å². The highest BCUT2D eigenvalue weighted by atomic mass is 14.6. The van der Waals surface area contributed by atoms with Gasteiger partial charge in [0.1, 0.15) is 0 Å². The Morgan fingerprint density at radius 3 is 2.42 bits per heavy atom. The molecule has 0 aromatic carbocycles. The summed E-state index contributed by atoms with van der Waals surface area (Å²) in [5, 5.41) is 0. The first-order chi connectivity index (χ1) is 5.72. The molecule has 0 aromatic heterocycles. The number of hydrogen-bond acceptors (Lipinski definition) is 1. The largest absolute Gasteiger partial charge is 0.324 e. The minimum absolute atomic E-state index is 0.247. The summed E-state index contributed by atoms with van der Waals surface area (Å²) in [5.41, 5.74) is 7.17. The van der Waals surface area contributed by atoms with Crippen LogP contribution < -0.4 is 5.73 Å². The molecule has 1 nitrogen and oxygen atoms in total. The van der Waals surface area contributed by atoms with Gasteiger partial charge in [0, 0.05) is 6.04 Å². The summed E-state index contributed by atoms with van der Waals surface area (Å²) in [7, 11) is 0. The number of nitrogens with two attached hydrogens (primary N) is 1. The highest BCUT2D eigenvalue weighted by molar-refractivity contribution is 5.03. The van der Waals surface area contributed by atoms with Crippen LogP contribution in [0.5, 0.6) is 0 Å². The highest BCUT2D eigenvalue weighted by Crippen LogP contribution is 2.11. The molecule has 0 spiro atoms. The minimum Gasteiger partial charge on any atom is -0.324 e. The normalized spacial score (nSPS) is 12.9. The van der Waals surface area contributed by atoms with Crippen LogP contribution >= 0.6 is 0 Å². The van der Waals surface area contributed by atoms with Gasteiger partial charge in [-0.3, -0.25) is 0 Å². The smallest absolute Gasteiger partial charge is 0.0250 e. The standard InChI is InChI=1S/C11H23N/c1-4-6-7-9-11(12)10(3)8-5-2/h11H,3-9,12H2,1-2H3. The van der Waals surface area contributed by atoms with Crippen molar-refractivity contribution in [1.82, 2.24) is 0 Å². The van der Waals surface area contributed by atoms with E-state index < -0.39 is 0 Å². The average molecular weight is 169 g/mol. The van der Waals surface area contributed by atoms with Gasteiger partial charge in [0.05, 0.1) is 0 Å². The SMILES string of the molecule is C=C(CCC)C(N)CCCCC. The quantitative estimate of drug-likeness (QED) is 0.459. The summed E-state index contributed by atoms with van der Waals surface area (Å²) in [5.74, 6) is 0. The molecule has 0 rings (SSSR count). The van der Waals surface area contributed by atoms with Crippen LogP contribution in [0.4, 0.5) is 0 Å². The predicted octanol–water partition coefficient (Wildman–Crippen LogP) is 3.25. The molecule has 0 aliphatic carbocycles. The third-order valence-electron chi connectivity index (χ3n) is 2.21. The lowest BCUT2D eigenvalue weighted by atomic mass is 9.99. The highest BCUT2D eigenvalue weighted by Gasteiger charge is 2.04. The topological polar surface area (TPSA) is 26.0 Å². The van der Waals surface area contributed by atoms with Crippen LogP contribution in [0, 0.1) is 0 Å². The lowest BCUT2D eigenvalue weighted by Gasteiger charge is -2.13. The first kappa shape index (κ1) is 11.7. The Morgan fingerprint density at radius 1 is 1.25 bits per heavy atom. The molecule has 72 valence electrons. The zero-order chi connectivity index (χ0) is 9.40. The molecule has 0 saturated carbocycles. The molecule has 2 N–H and O–H groups in total. The molecule has 1 heteroatoms. The molecule has 1 atom stereocenters. The summed E-state index contributed by atoms with van der Waals surface area (Å²) in [6.45, 7) is 8.38. The Morgan fingerprint density at radius 2 is 1.92 bits per heavy atom. The summed E-state index contributed by atoms with van der Waals surface area (Å²) >= 11 is 0. The Bertz CT molecular complexity index is 118. The fourth-order valence-electron chi connectivity index (χ4n) is 1.32. The predicted molar refractivity (Wildman–Crippen MR) is 56.2 cm³/mol. The van der Waals surface area contributed by atoms with Gasteiger partial charge in [0.15, 0.2) is 0 Å². The molecule has 0 radical (unpaired) electrons. The first-order valence-electron chi connectivity index (χ1n) is 5.15. The van der Waals surface area contributed by atoms with Crippen LogP contribution in [-0.4, -0.2) is 6.04 Å². The molecule has 0 aliphatic heterocycles. The zero-order valence-electron chi connectivity index (χ0n) is 8.60. The van der Waals surface area contributed by atoms with E-state index in [-0.39, 0.29) is 6.04 Å². The van der Waals surface area contributed by atoms with Crippen LogP contribution in [-0.2, 0) is 0 Å². The van der Waals surface area contributed by atoms with E-state index in [0.29, 0.717) is 0 Å². The van der Waals surface area contributed by atoms with Gasteiger partial charge in [-0.05, 0) is 12.8 Å². The monoisotopic (exact) mass is 169 g/mol. The van der Waals surface area contributed by atoms with E-state index in [1.54, 1.807) is 0 Å². The van der Waals surface area contributed by atoms with E-state index in [1.807, 2.05) is 0 Å². The van der Waals surface area contributed by atoms with E-state index in [4.69, 9.17) is 5.73 Å².